The molecule has 1 aliphatic rings. The standard InChI is InChI=1S/C20H18ClN3O4/c1-27-20(26)16-9-15-17(11-24(16)19(25)18-3-2-8-28-18)23(12-22-15)10-13-4-6-14(21)7-5-13/h2-8,12,16H,9-11H2,1H3/t16-/m0/s1. The highest BCUT2D eigenvalue weighted by Crippen LogP contribution is 2.26. The van der Waals surface area contributed by atoms with Crippen LogP contribution in [0.5, 0.6) is 0 Å². The lowest BCUT2D eigenvalue weighted by molar-refractivity contribution is -0.146. The number of methoxy groups -OCH3 is 1. The van der Waals surface area contributed by atoms with Crippen LogP contribution in [0.15, 0.2) is 53.4 Å². The van der Waals surface area contributed by atoms with Gasteiger partial charge in [0.2, 0.25) is 0 Å². The summed E-state index contributed by atoms with van der Waals surface area (Å²) in [5.74, 6) is -0.649. The van der Waals surface area contributed by atoms with Gasteiger partial charge in [0.05, 0.1) is 37.6 Å². The molecular weight excluding hydrogens is 382 g/mol. The highest BCUT2D eigenvalue weighted by atomic mass is 35.5. The first-order valence-electron chi connectivity index (χ1n) is 8.76. The Kier molecular flexibility index (Phi) is 4.92. The lowest BCUT2D eigenvalue weighted by atomic mass is 10.0. The van der Waals surface area contributed by atoms with Gasteiger partial charge in [-0.25, -0.2) is 9.78 Å². The van der Waals surface area contributed by atoms with Gasteiger partial charge in [-0.15, -0.1) is 0 Å². The van der Waals surface area contributed by atoms with E-state index in [2.05, 4.69) is 4.98 Å². The number of halogens is 1. The molecule has 0 spiro atoms. The summed E-state index contributed by atoms with van der Waals surface area (Å²) in [6.45, 7) is 0.827. The summed E-state index contributed by atoms with van der Waals surface area (Å²) in [6.07, 6.45) is 3.46. The molecule has 0 fully saturated rings. The number of carbonyl (C=O) groups excluding carboxylic acids is 2. The van der Waals surface area contributed by atoms with Crippen LogP contribution in [-0.4, -0.2) is 39.5 Å². The molecule has 4 rings (SSSR count). The summed E-state index contributed by atoms with van der Waals surface area (Å²) in [4.78, 5) is 31.1. The average molecular weight is 400 g/mol. The van der Waals surface area contributed by atoms with Crippen molar-refractivity contribution < 1.29 is 18.7 Å². The first kappa shape index (κ1) is 18.3. The Labute approximate surface area is 166 Å². The molecular formula is C20H18ClN3O4. The van der Waals surface area contributed by atoms with Crippen LogP contribution in [0.4, 0.5) is 0 Å². The minimum Gasteiger partial charge on any atom is -0.467 e. The fourth-order valence-electron chi connectivity index (χ4n) is 3.39. The maximum Gasteiger partial charge on any atom is 0.329 e. The fraction of sp³-hybridized carbons (Fsp3) is 0.250. The van der Waals surface area contributed by atoms with E-state index in [0.29, 0.717) is 18.0 Å². The van der Waals surface area contributed by atoms with E-state index in [1.54, 1.807) is 18.5 Å². The molecule has 0 radical (unpaired) electrons. The minimum absolute atomic E-state index is 0.182. The highest BCUT2D eigenvalue weighted by molar-refractivity contribution is 6.30. The molecule has 3 heterocycles. The average Bonchev–Trinajstić information content (AvgIpc) is 3.38. The molecule has 2 aromatic heterocycles. The number of fused-ring (bicyclic) bond motifs is 1. The number of aromatic nitrogens is 2. The van der Waals surface area contributed by atoms with Crippen molar-refractivity contribution in [1.82, 2.24) is 14.5 Å². The summed E-state index contributed by atoms with van der Waals surface area (Å²) in [5, 5.41) is 0.674. The van der Waals surface area contributed by atoms with Crippen LogP contribution in [0.3, 0.4) is 0 Å². The quantitative estimate of drug-likeness (QED) is 0.630. The molecule has 0 unspecified atom stereocenters. The molecule has 0 aliphatic carbocycles. The van der Waals surface area contributed by atoms with E-state index >= 15 is 0 Å². The highest BCUT2D eigenvalue weighted by Gasteiger charge is 2.38. The smallest absolute Gasteiger partial charge is 0.329 e. The third-order valence-corrected chi connectivity index (χ3v) is 5.10. The number of esters is 1. The number of furan rings is 1. The van der Waals surface area contributed by atoms with Crippen molar-refractivity contribution in [3.8, 4) is 0 Å². The number of benzene rings is 1. The molecule has 0 bridgehead atoms. The molecule has 8 heteroatoms. The Bertz CT molecular complexity index is 995. The Hall–Kier alpha value is -3.06. The van der Waals surface area contributed by atoms with Crippen LogP contribution in [0.2, 0.25) is 5.02 Å². The first-order valence-corrected chi connectivity index (χ1v) is 9.14. The van der Waals surface area contributed by atoms with Gasteiger partial charge < -0.3 is 18.6 Å². The van der Waals surface area contributed by atoms with E-state index < -0.39 is 12.0 Å². The van der Waals surface area contributed by atoms with Crippen molar-refractivity contribution in [2.24, 2.45) is 0 Å². The van der Waals surface area contributed by atoms with Gasteiger partial charge in [-0.3, -0.25) is 4.79 Å². The molecule has 1 aromatic carbocycles. The summed E-state index contributed by atoms with van der Waals surface area (Å²) < 4.78 is 12.1. The minimum atomic E-state index is -0.742. The molecule has 1 aliphatic heterocycles. The van der Waals surface area contributed by atoms with E-state index in [1.807, 2.05) is 28.8 Å². The molecule has 0 saturated heterocycles. The van der Waals surface area contributed by atoms with Gasteiger partial charge in [0.1, 0.15) is 6.04 Å². The third kappa shape index (κ3) is 3.41. The largest absolute Gasteiger partial charge is 0.467 e. The van der Waals surface area contributed by atoms with Crippen LogP contribution in [0.1, 0.15) is 27.5 Å². The molecule has 3 aromatic rings. The SMILES string of the molecule is COC(=O)[C@@H]1Cc2ncn(Cc3ccc(Cl)cc3)c2CN1C(=O)c1ccco1. The summed E-state index contributed by atoms with van der Waals surface area (Å²) >= 11 is 5.96. The van der Waals surface area contributed by atoms with Gasteiger partial charge >= 0.3 is 5.97 Å². The number of hydrogen-bond donors (Lipinski definition) is 0. The summed E-state index contributed by atoms with van der Waals surface area (Å²) in [6, 6.07) is 10.0. The van der Waals surface area contributed by atoms with Gasteiger partial charge in [0.15, 0.2) is 5.76 Å². The van der Waals surface area contributed by atoms with Crippen LogP contribution in [0.25, 0.3) is 0 Å². The summed E-state index contributed by atoms with van der Waals surface area (Å²) in [5.41, 5.74) is 2.73. The zero-order chi connectivity index (χ0) is 19.7. The lowest BCUT2D eigenvalue weighted by Crippen LogP contribution is -2.49. The van der Waals surface area contributed by atoms with Crippen molar-refractivity contribution in [2.45, 2.75) is 25.6 Å². The first-order chi connectivity index (χ1) is 13.6. The second-order valence-corrected chi connectivity index (χ2v) is 6.98. The van der Waals surface area contributed by atoms with E-state index in [9.17, 15) is 9.59 Å². The van der Waals surface area contributed by atoms with E-state index in [1.165, 1.54) is 18.3 Å². The number of rotatable bonds is 4. The van der Waals surface area contributed by atoms with Crippen molar-refractivity contribution in [3.05, 3.63) is 76.7 Å². The molecule has 0 N–H and O–H groups in total. The zero-order valence-electron chi connectivity index (χ0n) is 15.2. The maximum absolute atomic E-state index is 12.9. The van der Waals surface area contributed by atoms with Gasteiger partial charge in [-0.2, -0.15) is 0 Å². The Morgan fingerprint density at radius 2 is 2.07 bits per heavy atom. The monoisotopic (exact) mass is 399 g/mol. The normalized spacial score (nSPS) is 15.9. The van der Waals surface area contributed by atoms with Crippen LogP contribution < -0.4 is 0 Å². The van der Waals surface area contributed by atoms with Crippen molar-refractivity contribution >= 4 is 23.5 Å². The van der Waals surface area contributed by atoms with E-state index in [0.717, 1.165) is 17.0 Å². The number of imidazole rings is 1. The maximum atomic E-state index is 12.9. The Morgan fingerprint density at radius 3 is 2.75 bits per heavy atom. The van der Waals surface area contributed by atoms with E-state index in [-0.39, 0.29) is 18.2 Å². The number of hydrogen-bond acceptors (Lipinski definition) is 5. The molecule has 1 amide bonds. The van der Waals surface area contributed by atoms with Crippen molar-refractivity contribution in [2.75, 3.05) is 7.11 Å². The Balaban J connectivity index is 1.65. The van der Waals surface area contributed by atoms with Gasteiger partial charge in [0, 0.05) is 18.0 Å². The number of amides is 1. The fourth-order valence-corrected chi connectivity index (χ4v) is 3.52. The summed E-state index contributed by atoms with van der Waals surface area (Å²) in [7, 11) is 1.31. The number of ether oxygens (including phenoxy) is 1. The topological polar surface area (TPSA) is 77.6 Å². The van der Waals surface area contributed by atoms with Gasteiger partial charge in [-0.05, 0) is 29.8 Å². The molecule has 0 saturated carbocycles. The third-order valence-electron chi connectivity index (χ3n) is 4.85. The number of nitrogens with zero attached hydrogens (tertiary/aromatic N) is 3. The zero-order valence-corrected chi connectivity index (χ0v) is 15.9. The predicted octanol–water partition coefficient (Wildman–Crippen LogP) is 2.92. The molecule has 1 atom stereocenters. The molecule has 144 valence electrons. The van der Waals surface area contributed by atoms with Crippen molar-refractivity contribution in [3.63, 3.8) is 0 Å². The lowest BCUT2D eigenvalue weighted by Gasteiger charge is -2.33. The molecule has 7 nitrogen and oxygen atoms in total. The van der Waals surface area contributed by atoms with Crippen LogP contribution in [-0.2, 0) is 29.0 Å². The van der Waals surface area contributed by atoms with E-state index in [4.69, 9.17) is 20.8 Å². The predicted molar refractivity (Wildman–Crippen MR) is 101 cm³/mol. The van der Waals surface area contributed by atoms with Gasteiger partial charge in [-0.1, -0.05) is 23.7 Å². The second kappa shape index (κ2) is 7.52. The second-order valence-electron chi connectivity index (χ2n) is 6.55. The van der Waals surface area contributed by atoms with Crippen LogP contribution >= 0.6 is 11.6 Å². The van der Waals surface area contributed by atoms with Gasteiger partial charge in [0.25, 0.3) is 5.91 Å². The molecule has 28 heavy (non-hydrogen) atoms. The van der Waals surface area contributed by atoms with Crippen molar-refractivity contribution in [1.29, 1.82) is 0 Å². The Morgan fingerprint density at radius 1 is 1.29 bits per heavy atom. The number of carbonyl (C=O) groups is 2. The van der Waals surface area contributed by atoms with Crippen LogP contribution in [0, 0.1) is 0 Å².